The lowest BCUT2D eigenvalue weighted by Gasteiger charge is -2.18. The van der Waals surface area contributed by atoms with Crippen LogP contribution in [0.15, 0.2) is 71.9 Å². The predicted octanol–water partition coefficient (Wildman–Crippen LogP) is 2.73. The van der Waals surface area contributed by atoms with Crippen LogP contribution in [-0.2, 0) is 21.1 Å². The maximum atomic E-state index is 12.7. The fourth-order valence-corrected chi connectivity index (χ4v) is 4.62. The van der Waals surface area contributed by atoms with Crippen LogP contribution in [0.3, 0.4) is 0 Å². The Morgan fingerprint density at radius 1 is 1.15 bits per heavy atom. The molecule has 0 saturated heterocycles. The third-order valence-electron chi connectivity index (χ3n) is 5.18. The number of amides is 1. The highest BCUT2D eigenvalue weighted by atomic mass is 32.2. The van der Waals surface area contributed by atoms with E-state index in [0.29, 0.717) is 12.2 Å². The van der Waals surface area contributed by atoms with E-state index in [9.17, 15) is 18.0 Å². The molecular formula is C24H27N3O5S. The third kappa shape index (κ3) is 7.01. The summed E-state index contributed by atoms with van der Waals surface area (Å²) in [5.41, 5.74) is 7.29. The van der Waals surface area contributed by atoms with E-state index >= 15 is 0 Å². The van der Waals surface area contributed by atoms with Gasteiger partial charge in [-0.15, -0.1) is 0 Å². The number of pyridine rings is 2. The summed E-state index contributed by atoms with van der Waals surface area (Å²) in [4.78, 5) is 27.8. The fraction of sp³-hybridized carbons (Fsp3) is 0.292. The number of ether oxygens (including phenoxy) is 1. The molecule has 1 aromatic carbocycles. The second-order valence-electron chi connectivity index (χ2n) is 7.79. The number of benzene rings is 1. The van der Waals surface area contributed by atoms with Crippen LogP contribution in [0.5, 0.6) is 5.75 Å². The van der Waals surface area contributed by atoms with Gasteiger partial charge in [-0.05, 0) is 60.2 Å². The molecule has 3 aromatic rings. The average molecular weight is 470 g/mol. The number of rotatable bonds is 11. The minimum absolute atomic E-state index is 0.0553. The monoisotopic (exact) mass is 469 g/mol. The summed E-state index contributed by atoms with van der Waals surface area (Å²) in [5, 5.41) is -1.14. The molecule has 0 fully saturated rings. The second kappa shape index (κ2) is 10.9. The van der Waals surface area contributed by atoms with Crippen molar-refractivity contribution >= 4 is 15.7 Å². The van der Waals surface area contributed by atoms with Crippen LogP contribution in [0.2, 0.25) is 0 Å². The first-order valence-corrected chi connectivity index (χ1v) is 12.5. The summed E-state index contributed by atoms with van der Waals surface area (Å²) in [6.07, 6.45) is 7.63. The van der Waals surface area contributed by atoms with E-state index in [-0.39, 0.29) is 12.8 Å². The molecule has 1 atom stereocenters. The Hall–Kier alpha value is -3.46. The van der Waals surface area contributed by atoms with Crippen molar-refractivity contribution in [3.8, 4) is 16.9 Å². The van der Waals surface area contributed by atoms with E-state index in [1.54, 1.807) is 12.3 Å². The first-order valence-electron chi connectivity index (χ1n) is 10.6. The molecule has 0 aliphatic rings. The van der Waals surface area contributed by atoms with Crippen molar-refractivity contribution in [1.29, 1.82) is 0 Å². The minimum Gasteiger partial charge on any atom is -0.494 e. The molecule has 2 N–H and O–H groups in total. The maximum absolute atomic E-state index is 12.7. The van der Waals surface area contributed by atoms with E-state index in [2.05, 4.69) is 4.98 Å². The molecule has 0 saturated carbocycles. The van der Waals surface area contributed by atoms with Gasteiger partial charge in [-0.25, -0.2) is 8.42 Å². The predicted molar refractivity (Wildman–Crippen MR) is 127 cm³/mol. The standard InChI is InChI=1S/C24H27N3O5S/c1-33(30,31)24(11-10-22(25)28)27-14-12-20(16-23(27)29)19-6-8-21(9-7-19)32-15-3-5-18-4-2-13-26-17-18/h2,4,6-9,12-14,16-17,24H,3,5,10-11,15H2,1H3,(H2,25,28). The molecule has 33 heavy (non-hydrogen) atoms. The Morgan fingerprint density at radius 3 is 2.52 bits per heavy atom. The van der Waals surface area contributed by atoms with Gasteiger partial charge in [0, 0.05) is 37.3 Å². The highest BCUT2D eigenvalue weighted by molar-refractivity contribution is 7.90. The highest BCUT2D eigenvalue weighted by Crippen LogP contribution is 2.23. The highest BCUT2D eigenvalue weighted by Gasteiger charge is 2.24. The zero-order valence-electron chi connectivity index (χ0n) is 18.4. The Balaban J connectivity index is 1.65. The largest absolute Gasteiger partial charge is 0.494 e. The van der Waals surface area contributed by atoms with Crippen molar-refractivity contribution in [2.45, 2.75) is 31.1 Å². The van der Waals surface area contributed by atoms with Crippen molar-refractivity contribution in [3.05, 3.63) is 83.0 Å². The number of sulfone groups is 1. The van der Waals surface area contributed by atoms with Gasteiger partial charge in [-0.1, -0.05) is 18.2 Å². The molecule has 174 valence electrons. The van der Waals surface area contributed by atoms with Crippen LogP contribution < -0.4 is 16.0 Å². The van der Waals surface area contributed by atoms with Gasteiger partial charge < -0.3 is 10.5 Å². The number of nitrogens with two attached hydrogens (primary N) is 1. The third-order valence-corrected chi connectivity index (χ3v) is 6.63. The topological polar surface area (TPSA) is 121 Å². The summed E-state index contributed by atoms with van der Waals surface area (Å²) in [6, 6.07) is 14.3. The van der Waals surface area contributed by atoms with Gasteiger partial charge in [0.1, 0.15) is 11.1 Å². The first-order chi connectivity index (χ1) is 15.7. The zero-order valence-corrected chi connectivity index (χ0v) is 19.2. The number of aromatic nitrogens is 2. The van der Waals surface area contributed by atoms with Crippen molar-refractivity contribution in [1.82, 2.24) is 9.55 Å². The van der Waals surface area contributed by atoms with Crippen LogP contribution in [0, 0.1) is 0 Å². The van der Waals surface area contributed by atoms with Gasteiger partial charge in [-0.2, -0.15) is 0 Å². The normalized spacial score (nSPS) is 12.3. The molecule has 0 radical (unpaired) electrons. The van der Waals surface area contributed by atoms with Crippen LogP contribution >= 0.6 is 0 Å². The first kappa shape index (κ1) is 24.2. The Bertz CT molecular complexity index is 1240. The Labute approximate surface area is 193 Å². The molecule has 1 amide bonds. The van der Waals surface area contributed by atoms with Gasteiger partial charge in [-0.3, -0.25) is 19.1 Å². The van der Waals surface area contributed by atoms with Crippen LogP contribution in [0.25, 0.3) is 11.1 Å². The number of carbonyl (C=O) groups excluding carboxylic acids is 1. The second-order valence-corrected chi connectivity index (χ2v) is 9.99. The minimum atomic E-state index is -3.61. The molecule has 1 unspecified atom stereocenters. The van der Waals surface area contributed by atoms with Gasteiger partial charge in [0.15, 0.2) is 9.84 Å². The number of aryl methyl sites for hydroxylation is 1. The number of hydrogen-bond acceptors (Lipinski definition) is 6. The van der Waals surface area contributed by atoms with E-state index in [4.69, 9.17) is 10.5 Å². The fourth-order valence-electron chi connectivity index (χ4n) is 3.49. The molecule has 0 aliphatic heterocycles. The van der Waals surface area contributed by atoms with Gasteiger partial charge in [0.05, 0.1) is 6.61 Å². The quantitative estimate of drug-likeness (QED) is 0.431. The van der Waals surface area contributed by atoms with E-state index in [0.717, 1.165) is 35.0 Å². The Kier molecular flexibility index (Phi) is 8.00. The lowest BCUT2D eigenvalue weighted by Crippen LogP contribution is -2.29. The van der Waals surface area contributed by atoms with Gasteiger partial charge in [0.2, 0.25) is 5.91 Å². The maximum Gasteiger partial charge on any atom is 0.252 e. The smallest absolute Gasteiger partial charge is 0.252 e. The lowest BCUT2D eigenvalue weighted by atomic mass is 10.1. The van der Waals surface area contributed by atoms with Crippen molar-refractivity contribution in [2.24, 2.45) is 5.73 Å². The van der Waals surface area contributed by atoms with Crippen LogP contribution in [0.1, 0.15) is 30.2 Å². The average Bonchev–Trinajstić information content (AvgIpc) is 2.78. The molecular weight excluding hydrogens is 442 g/mol. The Morgan fingerprint density at radius 2 is 1.91 bits per heavy atom. The van der Waals surface area contributed by atoms with E-state index < -0.39 is 26.7 Å². The zero-order chi connectivity index (χ0) is 23.8. The lowest BCUT2D eigenvalue weighted by molar-refractivity contribution is -0.118. The van der Waals surface area contributed by atoms with Crippen molar-refractivity contribution < 1.29 is 17.9 Å². The number of carbonyl (C=O) groups is 1. The summed E-state index contributed by atoms with van der Waals surface area (Å²) >= 11 is 0. The van der Waals surface area contributed by atoms with Crippen molar-refractivity contribution in [3.63, 3.8) is 0 Å². The molecule has 8 nitrogen and oxygen atoms in total. The molecule has 3 rings (SSSR count). The molecule has 0 spiro atoms. The van der Waals surface area contributed by atoms with Gasteiger partial charge in [0.25, 0.3) is 5.56 Å². The number of primary amides is 1. The van der Waals surface area contributed by atoms with Crippen LogP contribution in [-0.4, -0.2) is 36.7 Å². The van der Waals surface area contributed by atoms with Gasteiger partial charge >= 0.3 is 0 Å². The van der Waals surface area contributed by atoms with Crippen LogP contribution in [0.4, 0.5) is 0 Å². The summed E-state index contributed by atoms with van der Waals surface area (Å²) in [5.74, 6) is 0.106. The SMILES string of the molecule is CS(=O)(=O)C(CCC(N)=O)n1ccc(-c2ccc(OCCCc3cccnc3)cc2)cc1=O. The molecule has 2 heterocycles. The number of hydrogen-bond donors (Lipinski definition) is 1. The molecule has 9 heteroatoms. The molecule has 0 aliphatic carbocycles. The summed E-state index contributed by atoms with van der Waals surface area (Å²) < 4.78 is 31.2. The molecule has 0 bridgehead atoms. The molecule has 2 aromatic heterocycles. The summed E-state index contributed by atoms with van der Waals surface area (Å²) in [6.45, 7) is 0.572. The van der Waals surface area contributed by atoms with E-state index in [1.807, 2.05) is 42.6 Å². The van der Waals surface area contributed by atoms with E-state index in [1.165, 1.54) is 17.8 Å². The van der Waals surface area contributed by atoms with Crippen molar-refractivity contribution in [2.75, 3.05) is 12.9 Å². The summed E-state index contributed by atoms with van der Waals surface area (Å²) in [7, 11) is -3.61. The number of nitrogens with zero attached hydrogens (tertiary/aromatic N) is 2.